The summed E-state index contributed by atoms with van der Waals surface area (Å²) in [5.41, 5.74) is 5.54. The van der Waals surface area contributed by atoms with E-state index in [0.29, 0.717) is 28.8 Å². The van der Waals surface area contributed by atoms with Crippen LogP contribution in [-0.2, 0) is 11.2 Å². The first-order valence-corrected chi connectivity index (χ1v) is 9.20. The average molecular weight is 401 g/mol. The van der Waals surface area contributed by atoms with Gasteiger partial charge in [0.2, 0.25) is 11.8 Å². The number of benzene rings is 1. The van der Waals surface area contributed by atoms with Gasteiger partial charge in [0.1, 0.15) is 17.3 Å². The fourth-order valence-corrected chi connectivity index (χ4v) is 3.08. The van der Waals surface area contributed by atoms with Crippen LogP contribution in [0, 0.1) is 6.92 Å². The molecule has 2 N–H and O–H groups in total. The molecule has 28 heavy (non-hydrogen) atoms. The maximum absolute atomic E-state index is 12.3. The molecule has 0 unspecified atom stereocenters. The van der Waals surface area contributed by atoms with Crippen molar-refractivity contribution in [3.63, 3.8) is 0 Å². The predicted octanol–water partition coefficient (Wildman–Crippen LogP) is 2.73. The molecule has 0 aliphatic heterocycles. The van der Waals surface area contributed by atoms with E-state index in [1.54, 1.807) is 25.1 Å². The molecule has 0 radical (unpaired) electrons. The molecule has 0 bridgehead atoms. The van der Waals surface area contributed by atoms with Crippen molar-refractivity contribution in [2.24, 2.45) is 0 Å². The summed E-state index contributed by atoms with van der Waals surface area (Å²) >= 11 is 1.50. The predicted molar refractivity (Wildman–Crippen MR) is 103 cm³/mol. The maximum Gasteiger partial charge on any atom is 0.269 e. The highest BCUT2D eigenvalue weighted by molar-refractivity contribution is 7.13. The molecule has 0 atom stereocenters. The van der Waals surface area contributed by atoms with E-state index < -0.39 is 11.8 Å². The monoisotopic (exact) mass is 401 g/mol. The Morgan fingerprint density at radius 3 is 2.46 bits per heavy atom. The van der Waals surface area contributed by atoms with Gasteiger partial charge in [-0.1, -0.05) is 6.07 Å². The lowest BCUT2D eigenvalue weighted by molar-refractivity contribution is -0.121. The molecule has 0 fully saturated rings. The first kappa shape index (κ1) is 19.4. The van der Waals surface area contributed by atoms with Gasteiger partial charge in [0.05, 0.1) is 31.2 Å². The molecule has 2 aromatic heterocycles. The van der Waals surface area contributed by atoms with Crippen LogP contribution in [0.3, 0.4) is 0 Å². The Kier molecular flexibility index (Phi) is 5.95. The van der Waals surface area contributed by atoms with E-state index in [2.05, 4.69) is 15.8 Å². The van der Waals surface area contributed by atoms with E-state index in [9.17, 15) is 9.59 Å². The van der Waals surface area contributed by atoms with Crippen molar-refractivity contribution in [2.75, 3.05) is 14.2 Å². The van der Waals surface area contributed by atoms with Crippen LogP contribution in [0.15, 0.2) is 40.1 Å². The number of nitrogens with one attached hydrogen (secondary N) is 2. The number of hydrogen-bond donors (Lipinski definition) is 2. The number of methoxy groups -OCH3 is 2. The maximum atomic E-state index is 12.3. The van der Waals surface area contributed by atoms with E-state index in [0.717, 1.165) is 4.88 Å². The van der Waals surface area contributed by atoms with Gasteiger partial charge in [-0.05, 0) is 30.5 Å². The summed E-state index contributed by atoms with van der Waals surface area (Å²) in [5, 5.41) is 1.92. The molecular formula is C19H19N3O5S. The van der Waals surface area contributed by atoms with Gasteiger partial charge in [0.25, 0.3) is 5.91 Å². The molecular weight excluding hydrogens is 382 g/mol. The quantitative estimate of drug-likeness (QED) is 0.616. The van der Waals surface area contributed by atoms with Crippen LogP contribution >= 0.6 is 11.3 Å². The molecule has 3 aromatic rings. The second-order valence-corrected chi connectivity index (χ2v) is 6.73. The molecule has 146 valence electrons. The van der Waals surface area contributed by atoms with Gasteiger partial charge in [0.15, 0.2) is 0 Å². The minimum absolute atomic E-state index is 0.0254. The SMILES string of the molecule is COc1cc(OC)cc(C(=O)NNC(=O)Cc2nc(-c3cccs3)oc2C)c1. The molecule has 0 saturated heterocycles. The van der Waals surface area contributed by atoms with Crippen molar-refractivity contribution < 1.29 is 23.5 Å². The van der Waals surface area contributed by atoms with E-state index in [1.165, 1.54) is 25.6 Å². The van der Waals surface area contributed by atoms with E-state index >= 15 is 0 Å². The first-order valence-electron chi connectivity index (χ1n) is 8.32. The van der Waals surface area contributed by atoms with Crippen LogP contribution in [0.2, 0.25) is 0 Å². The zero-order chi connectivity index (χ0) is 20.1. The van der Waals surface area contributed by atoms with Gasteiger partial charge in [-0.15, -0.1) is 11.3 Å². The second-order valence-electron chi connectivity index (χ2n) is 5.78. The molecule has 9 heteroatoms. The number of amides is 2. The Morgan fingerprint density at radius 1 is 1.14 bits per heavy atom. The molecule has 1 aromatic carbocycles. The molecule has 2 amide bonds. The molecule has 0 aliphatic rings. The van der Waals surface area contributed by atoms with Crippen LogP contribution in [-0.4, -0.2) is 31.0 Å². The number of nitrogens with zero attached hydrogens (tertiary/aromatic N) is 1. The molecule has 2 heterocycles. The van der Waals surface area contributed by atoms with E-state index in [-0.39, 0.29) is 12.0 Å². The Hall–Kier alpha value is -3.33. The second kappa shape index (κ2) is 8.57. The van der Waals surface area contributed by atoms with Gasteiger partial charge in [-0.2, -0.15) is 0 Å². The normalized spacial score (nSPS) is 10.4. The fraction of sp³-hybridized carbons (Fsp3) is 0.211. The Labute approximate surface area is 165 Å². The molecule has 0 aliphatic carbocycles. The van der Waals surface area contributed by atoms with Crippen molar-refractivity contribution in [1.29, 1.82) is 0 Å². The Morgan fingerprint density at radius 2 is 1.86 bits per heavy atom. The van der Waals surface area contributed by atoms with Gasteiger partial charge < -0.3 is 13.9 Å². The third-order valence-corrected chi connectivity index (χ3v) is 4.74. The minimum atomic E-state index is -0.498. The number of rotatable bonds is 6. The number of hydrogen-bond acceptors (Lipinski definition) is 7. The summed E-state index contributed by atoms with van der Waals surface area (Å²) in [6.45, 7) is 1.74. The number of hydrazine groups is 1. The van der Waals surface area contributed by atoms with Gasteiger partial charge >= 0.3 is 0 Å². The lowest BCUT2D eigenvalue weighted by atomic mass is 10.2. The third kappa shape index (κ3) is 4.49. The molecule has 8 nitrogen and oxygen atoms in total. The van der Waals surface area contributed by atoms with Crippen molar-refractivity contribution >= 4 is 23.2 Å². The van der Waals surface area contributed by atoms with E-state index in [4.69, 9.17) is 13.9 Å². The first-order chi connectivity index (χ1) is 13.5. The zero-order valence-corrected chi connectivity index (χ0v) is 16.4. The largest absolute Gasteiger partial charge is 0.497 e. The summed E-state index contributed by atoms with van der Waals surface area (Å²) in [6, 6.07) is 8.52. The number of aryl methyl sites for hydroxylation is 1. The van der Waals surface area contributed by atoms with Crippen LogP contribution in [0.25, 0.3) is 10.8 Å². The van der Waals surface area contributed by atoms with Gasteiger partial charge in [0, 0.05) is 11.6 Å². The number of ether oxygens (including phenoxy) is 2. The summed E-state index contributed by atoms with van der Waals surface area (Å²) in [6.07, 6.45) is -0.0254. The van der Waals surface area contributed by atoms with Gasteiger partial charge in [-0.3, -0.25) is 20.4 Å². The highest BCUT2D eigenvalue weighted by Gasteiger charge is 2.16. The smallest absolute Gasteiger partial charge is 0.269 e. The zero-order valence-electron chi connectivity index (χ0n) is 15.6. The van der Waals surface area contributed by atoms with Crippen LogP contribution < -0.4 is 20.3 Å². The molecule has 3 rings (SSSR count). The molecule has 0 spiro atoms. The summed E-state index contributed by atoms with van der Waals surface area (Å²) < 4.78 is 15.9. The van der Waals surface area contributed by atoms with Crippen LogP contribution in [0.1, 0.15) is 21.8 Å². The van der Waals surface area contributed by atoms with Crippen molar-refractivity contribution in [3.8, 4) is 22.3 Å². The summed E-state index contributed by atoms with van der Waals surface area (Å²) in [4.78, 5) is 29.7. The molecule has 0 saturated carbocycles. The number of carbonyl (C=O) groups is 2. The third-order valence-electron chi connectivity index (χ3n) is 3.88. The average Bonchev–Trinajstić information content (AvgIpc) is 3.36. The summed E-state index contributed by atoms with van der Waals surface area (Å²) in [5.74, 6) is 1.05. The van der Waals surface area contributed by atoms with Gasteiger partial charge in [-0.25, -0.2) is 4.98 Å². The summed E-state index contributed by atoms with van der Waals surface area (Å²) in [7, 11) is 2.98. The van der Waals surface area contributed by atoms with Crippen LogP contribution in [0.4, 0.5) is 0 Å². The highest BCUT2D eigenvalue weighted by atomic mass is 32.1. The Balaban J connectivity index is 1.61. The fourth-order valence-electron chi connectivity index (χ4n) is 2.43. The topological polar surface area (TPSA) is 103 Å². The lowest BCUT2D eigenvalue weighted by Crippen LogP contribution is -2.42. The number of aromatic nitrogens is 1. The van der Waals surface area contributed by atoms with Crippen molar-refractivity contribution in [3.05, 3.63) is 52.7 Å². The van der Waals surface area contributed by atoms with Crippen molar-refractivity contribution in [1.82, 2.24) is 15.8 Å². The minimum Gasteiger partial charge on any atom is -0.497 e. The van der Waals surface area contributed by atoms with E-state index in [1.807, 2.05) is 17.5 Å². The number of carbonyl (C=O) groups excluding carboxylic acids is 2. The lowest BCUT2D eigenvalue weighted by Gasteiger charge is -2.10. The number of oxazole rings is 1. The van der Waals surface area contributed by atoms with Crippen LogP contribution in [0.5, 0.6) is 11.5 Å². The standard InChI is InChI=1S/C19H19N3O5S/c1-11-15(20-19(27-11)16-5-4-6-28-16)10-17(23)21-22-18(24)12-7-13(25-2)9-14(8-12)26-3/h4-9H,10H2,1-3H3,(H,21,23)(H,22,24). The Bertz CT molecular complexity index is 959. The highest BCUT2D eigenvalue weighted by Crippen LogP contribution is 2.26. The van der Waals surface area contributed by atoms with Crippen molar-refractivity contribution in [2.45, 2.75) is 13.3 Å². The number of thiophene rings is 1.